The second-order valence-corrected chi connectivity index (χ2v) is 19.3. The molecular formula is C45H54ClN5O9S. The van der Waals surface area contributed by atoms with Gasteiger partial charge in [0.05, 0.1) is 29.9 Å². The number of carbonyl (C=O) groups is 4. The third-order valence-electron chi connectivity index (χ3n) is 10.1. The van der Waals surface area contributed by atoms with Crippen molar-refractivity contribution in [3.05, 3.63) is 96.5 Å². The van der Waals surface area contributed by atoms with Crippen LogP contribution in [-0.4, -0.2) is 85.1 Å². The van der Waals surface area contributed by atoms with E-state index in [2.05, 4.69) is 21.9 Å². The van der Waals surface area contributed by atoms with Crippen molar-refractivity contribution >= 4 is 56.3 Å². The van der Waals surface area contributed by atoms with Gasteiger partial charge < -0.3 is 29.7 Å². The average Bonchev–Trinajstić information content (AvgIpc) is 3.61. The van der Waals surface area contributed by atoms with E-state index in [0.29, 0.717) is 28.1 Å². The van der Waals surface area contributed by atoms with Crippen molar-refractivity contribution in [1.29, 1.82) is 0 Å². The zero-order valence-corrected chi connectivity index (χ0v) is 37.3. The summed E-state index contributed by atoms with van der Waals surface area (Å²) in [6.45, 7) is 15.4. The Morgan fingerprint density at radius 3 is 2.26 bits per heavy atom. The van der Waals surface area contributed by atoms with Crippen LogP contribution in [0.3, 0.4) is 0 Å². The number of pyridine rings is 1. The predicted octanol–water partition coefficient (Wildman–Crippen LogP) is 7.20. The van der Waals surface area contributed by atoms with Crippen molar-refractivity contribution in [3.8, 4) is 22.8 Å². The molecule has 4 aromatic rings. The van der Waals surface area contributed by atoms with Gasteiger partial charge in [0.25, 0.3) is 15.9 Å². The SMILES string of the molecule is C=CCC[C@](C)(NC(=O)[C@@H]1C[C@@H](Oc2cc(-c3ccccc3)nc3cc(OC)ccc23)CN1C(=O)[C@@H](NC(=O)OC(C)(C)C)C(C)(C)C)C(=O)NS(=O)(=O)c1ccccc1Cl. The summed E-state index contributed by atoms with van der Waals surface area (Å²) in [5.41, 5.74) is -1.54. The van der Waals surface area contributed by atoms with Gasteiger partial charge in [0, 0.05) is 29.5 Å². The van der Waals surface area contributed by atoms with Gasteiger partial charge in [-0.25, -0.2) is 22.9 Å². The lowest BCUT2D eigenvalue weighted by Crippen LogP contribution is -2.62. The molecule has 0 unspecified atom stereocenters. The Balaban J connectivity index is 1.54. The van der Waals surface area contributed by atoms with E-state index in [-0.39, 0.29) is 35.7 Å². The first-order valence-electron chi connectivity index (χ1n) is 19.8. The predicted molar refractivity (Wildman–Crippen MR) is 234 cm³/mol. The second-order valence-electron chi connectivity index (χ2n) is 17.2. The third-order valence-corrected chi connectivity index (χ3v) is 11.9. The normalized spacial score (nSPS) is 17.1. The number of aromatic nitrogens is 1. The molecule has 1 aliphatic rings. The number of nitrogens with one attached hydrogen (secondary N) is 3. The maximum absolute atomic E-state index is 14.8. The van der Waals surface area contributed by atoms with Gasteiger partial charge in [-0.1, -0.05) is 80.9 Å². The number of allylic oxidation sites excluding steroid dienone is 1. The molecule has 16 heteroatoms. The van der Waals surface area contributed by atoms with Crippen LogP contribution in [0.2, 0.25) is 5.02 Å². The number of benzene rings is 3. The van der Waals surface area contributed by atoms with Crippen LogP contribution in [0.4, 0.5) is 4.79 Å². The molecule has 0 spiro atoms. The monoisotopic (exact) mass is 875 g/mol. The highest BCUT2D eigenvalue weighted by Gasteiger charge is 2.48. The number of hydrogen-bond acceptors (Lipinski definition) is 10. The lowest BCUT2D eigenvalue weighted by Gasteiger charge is -2.36. The van der Waals surface area contributed by atoms with Gasteiger partial charge in [-0.3, -0.25) is 14.4 Å². The van der Waals surface area contributed by atoms with E-state index in [0.717, 1.165) is 5.56 Å². The van der Waals surface area contributed by atoms with Crippen LogP contribution >= 0.6 is 11.6 Å². The minimum Gasteiger partial charge on any atom is -0.497 e. The van der Waals surface area contributed by atoms with E-state index in [9.17, 15) is 27.6 Å². The van der Waals surface area contributed by atoms with Crippen molar-refractivity contribution in [1.82, 2.24) is 25.2 Å². The van der Waals surface area contributed by atoms with Gasteiger partial charge in [-0.15, -0.1) is 6.58 Å². The fourth-order valence-corrected chi connectivity index (χ4v) is 8.49. The highest BCUT2D eigenvalue weighted by Crippen LogP contribution is 2.36. The highest BCUT2D eigenvalue weighted by atomic mass is 35.5. The van der Waals surface area contributed by atoms with Crippen molar-refractivity contribution in [2.45, 2.75) is 102 Å². The Bertz CT molecular complexity index is 2400. The Morgan fingerprint density at radius 1 is 0.967 bits per heavy atom. The number of rotatable bonds is 14. The average molecular weight is 876 g/mol. The minimum atomic E-state index is -4.48. The lowest BCUT2D eigenvalue weighted by atomic mass is 9.85. The zero-order chi connectivity index (χ0) is 44.9. The van der Waals surface area contributed by atoms with Crippen molar-refractivity contribution in [2.75, 3.05) is 13.7 Å². The van der Waals surface area contributed by atoms with E-state index in [1.54, 1.807) is 72.9 Å². The Hall–Kier alpha value is -5.67. The smallest absolute Gasteiger partial charge is 0.408 e. The number of amides is 4. The quantitative estimate of drug-likeness (QED) is 0.110. The Kier molecular flexibility index (Phi) is 14.1. The number of sulfonamides is 1. The molecule has 4 atom stereocenters. The van der Waals surface area contributed by atoms with E-state index in [1.807, 2.05) is 36.4 Å². The van der Waals surface area contributed by atoms with Gasteiger partial charge in [-0.2, -0.15) is 0 Å². The van der Waals surface area contributed by atoms with Gasteiger partial charge in [0.2, 0.25) is 11.8 Å². The number of ether oxygens (including phenoxy) is 3. The molecule has 0 aliphatic carbocycles. The standard InChI is InChI=1S/C45H54ClN5O9S/c1-10-11-23-45(8,41(54)50-61(56,57)37-20-16-15-19-32(37)46)49-39(52)35-25-30(27-51(35)40(53)38(43(2,3)4)48-42(55)60-44(5,6)7)59-36-26-33(28-17-13-12-14-18-28)47-34-24-29(58-9)21-22-31(34)36/h10,12-22,24,26,30,35,38H,1,11,23,25,27H2,2-9H3,(H,48,55)(H,49,52)(H,50,54)/t30-,35+,38-,45+/m1/s1. The maximum atomic E-state index is 14.8. The molecule has 5 rings (SSSR count). The second kappa shape index (κ2) is 18.5. The zero-order valence-electron chi connectivity index (χ0n) is 35.7. The van der Waals surface area contributed by atoms with Crippen molar-refractivity contribution < 1.29 is 41.8 Å². The lowest BCUT2D eigenvalue weighted by molar-refractivity contribution is -0.143. The van der Waals surface area contributed by atoms with Crippen molar-refractivity contribution in [3.63, 3.8) is 0 Å². The topological polar surface area (TPSA) is 182 Å². The summed E-state index contributed by atoms with van der Waals surface area (Å²) in [6, 6.07) is 19.9. The number of carbonyl (C=O) groups excluding carboxylic acids is 4. The van der Waals surface area contributed by atoms with Crippen LogP contribution in [-0.2, 0) is 29.1 Å². The summed E-state index contributed by atoms with van der Waals surface area (Å²) >= 11 is 6.18. The van der Waals surface area contributed by atoms with E-state index in [1.165, 1.54) is 36.1 Å². The molecule has 1 aromatic heterocycles. The molecule has 61 heavy (non-hydrogen) atoms. The molecule has 4 amide bonds. The summed E-state index contributed by atoms with van der Waals surface area (Å²) in [5.74, 6) is -1.37. The fraction of sp³-hybridized carbons (Fsp3) is 0.400. The number of nitrogens with zero attached hydrogens (tertiary/aromatic N) is 2. The summed E-state index contributed by atoms with van der Waals surface area (Å²) < 4.78 is 46.6. The molecule has 3 aromatic carbocycles. The molecule has 1 saturated heterocycles. The largest absolute Gasteiger partial charge is 0.497 e. The van der Waals surface area contributed by atoms with Crippen LogP contribution in [0.25, 0.3) is 22.2 Å². The van der Waals surface area contributed by atoms with Gasteiger partial charge in [0.1, 0.15) is 45.7 Å². The summed E-state index contributed by atoms with van der Waals surface area (Å²) in [4.78, 5) is 62.4. The first-order valence-corrected chi connectivity index (χ1v) is 21.7. The fourth-order valence-electron chi connectivity index (χ4n) is 6.88. The number of alkyl carbamates (subject to hydrolysis) is 1. The third kappa shape index (κ3) is 11.4. The molecule has 0 radical (unpaired) electrons. The minimum absolute atomic E-state index is 0.0431. The molecule has 1 fully saturated rings. The molecule has 14 nitrogen and oxygen atoms in total. The molecule has 1 aliphatic heterocycles. The van der Waals surface area contributed by atoms with E-state index < -0.39 is 68.6 Å². The maximum Gasteiger partial charge on any atom is 0.408 e. The molecule has 0 saturated carbocycles. The van der Waals surface area contributed by atoms with Crippen LogP contribution in [0, 0.1) is 5.41 Å². The van der Waals surface area contributed by atoms with Crippen molar-refractivity contribution in [2.24, 2.45) is 5.41 Å². The summed E-state index contributed by atoms with van der Waals surface area (Å²) in [7, 11) is -2.92. The summed E-state index contributed by atoms with van der Waals surface area (Å²) in [6.07, 6.45) is 0.0428. The highest BCUT2D eigenvalue weighted by molar-refractivity contribution is 7.90. The molecule has 2 heterocycles. The van der Waals surface area contributed by atoms with Crippen LogP contribution in [0.5, 0.6) is 11.5 Å². The number of methoxy groups -OCH3 is 1. The molecule has 0 bridgehead atoms. The Morgan fingerprint density at radius 2 is 1.64 bits per heavy atom. The first kappa shape index (κ1) is 46.4. The molecular weight excluding hydrogens is 822 g/mol. The van der Waals surface area contributed by atoms with Crippen LogP contribution in [0.1, 0.15) is 67.7 Å². The summed E-state index contributed by atoms with van der Waals surface area (Å²) in [5, 5.41) is 6.04. The molecule has 326 valence electrons. The first-order chi connectivity index (χ1) is 28.5. The van der Waals surface area contributed by atoms with Gasteiger partial charge in [0.15, 0.2) is 0 Å². The van der Waals surface area contributed by atoms with E-state index >= 15 is 0 Å². The van der Waals surface area contributed by atoms with Gasteiger partial charge in [-0.05, 0) is 70.2 Å². The number of hydrogen-bond donors (Lipinski definition) is 3. The number of halogens is 1. The Labute approximate surface area is 362 Å². The van der Waals surface area contributed by atoms with Gasteiger partial charge >= 0.3 is 6.09 Å². The molecule has 3 N–H and O–H groups in total. The number of fused-ring (bicyclic) bond motifs is 1. The number of likely N-dealkylation sites (tertiary alicyclic amines) is 1. The van der Waals surface area contributed by atoms with Crippen LogP contribution < -0.4 is 24.8 Å². The van der Waals surface area contributed by atoms with Crippen LogP contribution in [0.15, 0.2) is 96.4 Å². The van der Waals surface area contributed by atoms with E-state index in [4.69, 9.17) is 30.8 Å².